The number of nitrogens with zero attached hydrogens (tertiary/aromatic N) is 1. The summed E-state index contributed by atoms with van der Waals surface area (Å²) < 4.78 is 0. The third-order valence-electron chi connectivity index (χ3n) is 3.84. The van der Waals surface area contributed by atoms with E-state index in [1.54, 1.807) is 13.8 Å². The molecular formula is C14H25NO2. The number of hydrogen-bond donors (Lipinski definition) is 1. The van der Waals surface area contributed by atoms with Crippen LogP contribution < -0.4 is 0 Å². The number of amides is 1. The first-order valence-corrected chi connectivity index (χ1v) is 6.37. The average molecular weight is 239 g/mol. The highest BCUT2D eigenvalue weighted by Crippen LogP contribution is 2.39. The molecule has 1 aliphatic rings. The van der Waals surface area contributed by atoms with E-state index in [-0.39, 0.29) is 23.9 Å². The first kappa shape index (κ1) is 14.2. The lowest BCUT2D eigenvalue weighted by molar-refractivity contribution is -0.179. The van der Waals surface area contributed by atoms with Gasteiger partial charge in [-0.1, -0.05) is 19.9 Å². The van der Waals surface area contributed by atoms with Crippen LogP contribution in [0.4, 0.5) is 0 Å². The summed E-state index contributed by atoms with van der Waals surface area (Å²) >= 11 is 0. The first-order valence-electron chi connectivity index (χ1n) is 6.37. The summed E-state index contributed by atoms with van der Waals surface area (Å²) in [6, 6.07) is 0.309. The summed E-state index contributed by atoms with van der Waals surface area (Å²) in [6.07, 6.45) is 2.58. The third-order valence-corrected chi connectivity index (χ3v) is 3.84. The molecule has 0 spiro atoms. The topological polar surface area (TPSA) is 40.5 Å². The molecule has 0 saturated carbocycles. The maximum absolute atomic E-state index is 12.2. The zero-order valence-corrected chi connectivity index (χ0v) is 11.6. The number of rotatable bonds is 5. The molecule has 1 fully saturated rings. The maximum atomic E-state index is 12.2. The van der Waals surface area contributed by atoms with Crippen molar-refractivity contribution < 1.29 is 9.90 Å². The van der Waals surface area contributed by atoms with Gasteiger partial charge in [0.1, 0.15) is 0 Å². The minimum atomic E-state index is -0.946. The van der Waals surface area contributed by atoms with E-state index in [0.717, 1.165) is 6.42 Å². The molecule has 1 saturated heterocycles. The zero-order valence-electron chi connectivity index (χ0n) is 11.6. The molecule has 0 aromatic rings. The van der Waals surface area contributed by atoms with Gasteiger partial charge in [0.05, 0.1) is 11.5 Å². The Morgan fingerprint density at radius 3 is 2.35 bits per heavy atom. The Labute approximate surface area is 105 Å². The van der Waals surface area contributed by atoms with Gasteiger partial charge >= 0.3 is 0 Å². The SMILES string of the molecule is C=CC[C@@H]1[C@H](C(C)(C)O)C(=O)N1C(C)C(C)C. The van der Waals surface area contributed by atoms with E-state index in [2.05, 4.69) is 27.4 Å². The Balaban J connectivity index is 2.88. The van der Waals surface area contributed by atoms with Crippen LogP contribution in [0.2, 0.25) is 0 Å². The fraction of sp³-hybridized carbons (Fsp3) is 0.786. The van der Waals surface area contributed by atoms with E-state index in [1.165, 1.54) is 0 Å². The number of carbonyl (C=O) groups is 1. The molecule has 3 atom stereocenters. The Morgan fingerprint density at radius 2 is 2.00 bits per heavy atom. The van der Waals surface area contributed by atoms with Gasteiger partial charge in [0.25, 0.3) is 0 Å². The predicted octanol–water partition coefficient (Wildman–Crippen LogP) is 2.20. The molecule has 1 N–H and O–H groups in total. The lowest BCUT2D eigenvalue weighted by Gasteiger charge is -2.54. The molecule has 0 bridgehead atoms. The summed E-state index contributed by atoms with van der Waals surface area (Å²) in [4.78, 5) is 14.1. The maximum Gasteiger partial charge on any atom is 0.231 e. The van der Waals surface area contributed by atoms with Crippen LogP contribution in [0.3, 0.4) is 0 Å². The van der Waals surface area contributed by atoms with Crippen molar-refractivity contribution in [2.24, 2.45) is 11.8 Å². The second kappa shape index (κ2) is 4.81. The van der Waals surface area contributed by atoms with Gasteiger partial charge < -0.3 is 10.0 Å². The smallest absolute Gasteiger partial charge is 0.231 e. The number of likely N-dealkylation sites (tertiary alicyclic amines) is 1. The number of hydrogen-bond acceptors (Lipinski definition) is 2. The van der Waals surface area contributed by atoms with Crippen LogP contribution in [0.5, 0.6) is 0 Å². The summed E-state index contributed by atoms with van der Waals surface area (Å²) in [5.74, 6) is 0.210. The lowest BCUT2D eigenvalue weighted by atomic mass is 9.73. The molecule has 1 amide bonds. The van der Waals surface area contributed by atoms with Gasteiger partial charge in [-0.3, -0.25) is 4.79 Å². The number of carbonyl (C=O) groups excluding carboxylic acids is 1. The van der Waals surface area contributed by atoms with E-state index in [1.807, 2.05) is 11.0 Å². The van der Waals surface area contributed by atoms with Gasteiger partial charge in [0, 0.05) is 12.1 Å². The second-order valence-electron chi connectivity index (χ2n) is 5.95. The minimum Gasteiger partial charge on any atom is -0.390 e. The molecule has 98 valence electrons. The van der Waals surface area contributed by atoms with Crippen LogP contribution in [0.1, 0.15) is 41.0 Å². The Morgan fingerprint density at radius 1 is 1.47 bits per heavy atom. The van der Waals surface area contributed by atoms with Gasteiger partial charge in [0.2, 0.25) is 5.91 Å². The van der Waals surface area contributed by atoms with Crippen LogP contribution in [0.15, 0.2) is 12.7 Å². The molecule has 3 nitrogen and oxygen atoms in total. The zero-order chi connectivity index (χ0) is 13.4. The molecule has 0 aromatic carbocycles. The summed E-state index contributed by atoms with van der Waals surface area (Å²) in [5, 5.41) is 10.1. The van der Waals surface area contributed by atoms with Crippen molar-refractivity contribution in [1.82, 2.24) is 4.90 Å². The van der Waals surface area contributed by atoms with Crippen molar-refractivity contribution in [2.75, 3.05) is 0 Å². The van der Waals surface area contributed by atoms with Crippen molar-refractivity contribution in [3.05, 3.63) is 12.7 Å². The molecule has 1 unspecified atom stereocenters. The Bertz CT molecular complexity index is 304. The number of β-lactam (4-membered cyclic amide) rings is 1. The van der Waals surface area contributed by atoms with Gasteiger partial charge in [-0.05, 0) is 33.1 Å². The minimum absolute atomic E-state index is 0.0746. The van der Waals surface area contributed by atoms with Gasteiger partial charge in [0.15, 0.2) is 0 Å². The quantitative estimate of drug-likeness (QED) is 0.590. The molecule has 1 heterocycles. The fourth-order valence-corrected chi connectivity index (χ4v) is 2.58. The Kier molecular flexibility index (Phi) is 4.03. The van der Waals surface area contributed by atoms with E-state index in [9.17, 15) is 9.90 Å². The monoisotopic (exact) mass is 239 g/mol. The molecule has 0 aromatic heterocycles. The summed E-state index contributed by atoms with van der Waals surface area (Å²) in [6.45, 7) is 13.5. The normalized spacial score (nSPS) is 27.0. The van der Waals surface area contributed by atoms with Crippen molar-refractivity contribution in [1.29, 1.82) is 0 Å². The predicted molar refractivity (Wildman–Crippen MR) is 69.5 cm³/mol. The largest absolute Gasteiger partial charge is 0.390 e. The van der Waals surface area contributed by atoms with E-state index >= 15 is 0 Å². The van der Waals surface area contributed by atoms with Crippen molar-refractivity contribution >= 4 is 5.91 Å². The van der Waals surface area contributed by atoms with Crippen molar-refractivity contribution in [3.8, 4) is 0 Å². The summed E-state index contributed by atoms with van der Waals surface area (Å²) in [7, 11) is 0. The van der Waals surface area contributed by atoms with Crippen LogP contribution in [-0.2, 0) is 4.79 Å². The molecule has 0 aliphatic carbocycles. The van der Waals surface area contributed by atoms with Crippen LogP contribution in [0.25, 0.3) is 0 Å². The second-order valence-corrected chi connectivity index (χ2v) is 5.95. The first-order chi connectivity index (χ1) is 7.71. The van der Waals surface area contributed by atoms with Crippen molar-refractivity contribution in [3.63, 3.8) is 0 Å². The van der Waals surface area contributed by atoms with E-state index < -0.39 is 5.60 Å². The fourth-order valence-electron chi connectivity index (χ4n) is 2.58. The van der Waals surface area contributed by atoms with Crippen molar-refractivity contribution in [2.45, 2.75) is 58.7 Å². The highest BCUT2D eigenvalue weighted by atomic mass is 16.3. The Hall–Kier alpha value is -0.830. The highest BCUT2D eigenvalue weighted by molar-refractivity contribution is 5.87. The molecular weight excluding hydrogens is 214 g/mol. The van der Waals surface area contributed by atoms with Crippen LogP contribution in [-0.4, -0.2) is 33.6 Å². The highest BCUT2D eigenvalue weighted by Gasteiger charge is 2.54. The van der Waals surface area contributed by atoms with Gasteiger partial charge in [-0.2, -0.15) is 0 Å². The average Bonchev–Trinajstić information content (AvgIpc) is 2.14. The van der Waals surface area contributed by atoms with E-state index in [0.29, 0.717) is 5.92 Å². The lowest BCUT2D eigenvalue weighted by Crippen LogP contribution is -2.69. The molecule has 17 heavy (non-hydrogen) atoms. The molecule has 3 heteroatoms. The van der Waals surface area contributed by atoms with Gasteiger partial charge in [-0.15, -0.1) is 6.58 Å². The van der Waals surface area contributed by atoms with Gasteiger partial charge in [-0.25, -0.2) is 0 Å². The van der Waals surface area contributed by atoms with E-state index in [4.69, 9.17) is 0 Å². The third kappa shape index (κ3) is 2.54. The van der Waals surface area contributed by atoms with Crippen LogP contribution in [0, 0.1) is 11.8 Å². The molecule has 1 aliphatic heterocycles. The summed E-state index contributed by atoms with van der Waals surface area (Å²) in [5.41, 5.74) is -0.946. The number of aliphatic hydroxyl groups is 1. The standard InChI is InChI=1S/C14H25NO2/c1-7-8-11-12(14(5,6)17)13(16)15(11)10(4)9(2)3/h7,9-12,17H,1,8H2,2-6H3/t10?,11-,12+/m1/s1. The van der Waals surface area contributed by atoms with Crippen LogP contribution >= 0.6 is 0 Å². The molecule has 0 radical (unpaired) electrons. The molecule has 1 rings (SSSR count).